The van der Waals surface area contributed by atoms with Crippen LogP contribution in [0, 0.1) is 5.41 Å². The number of hydrogen-bond acceptors (Lipinski definition) is 5. The minimum Gasteiger partial charge on any atom is -0.493 e. The molecule has 3 rings (SSSR count). The molecule has 0 aliphatic carbocycles. The molecule has 1 amide bonds. The van der Waals surface area contributed by atoms with Gasteiger partial charge in [-0.05, 0) is 62.4 Å². The molecule has 0 saturated carbocycles. The molecule has 1 aromatic carbocycles. The smallest absolute Gasteiger partial charge is 0.223 e. The Labute approximate surface area is 167 Å². The SMILES string of the molecule is COc1cc(C(C)N2CC3(CCNCC3)CCC2=O)cc(OC)c1OC.Cl. The van der Waals surface area contributed by atoms with Gasteiger partial charge in [-0.25, -0.2) is 0 Å². The molecule has 2 heterocycles. The van der Waals surface area contributed by atoms with E-state index in [1.807, 2.05) is 17.0 Å². The van der Waals surface area contributed by atoms with E-state index < -0.39 is 0 Å². The van der Waals surface area contributed by atoms with E-state index in [2.05, 4.69) is 12.2 Å². The average Bonchev–Trinajstić information content (AvgIpc) is 2.69. The van der Waals surface area contributed by atoms with Gasteiger partial charge in [-0.3, -0.25) is 4.79 Å². The highest BCUT2D eigenvalue weighted by atomic mass is 35.5. The number of halogens is 1. The van der Waals surface area contributed by atoms with Gasteiger partial charge in [-0.1, -0.05) is 0 Å². The van der Waals surface area contributed by atoms with Gasteiger partial charge in [0.15, 0.2) is 11.5 Å². The lowest BCUT2D eigenvalue weighted by Gasteiger charge is -2.47. The summed E-state index contributed by atoms with van der Waals surface area (Å²) in [5, 5.41) is 3.44. The van der Waals surface area contributed by atoms with Gasteiger partial charge in [0.25, 0.3) is 0 Å². The number of likely N-dealkylation sites (tertiary alicyclic amines) is 1. The maximum absolute atomic E-state index is 12.7. The van der Waals surface area contributed by atoms with Gasteiger partial charge in [0.2, 0.25) is 11.7 Å². The number of hydrogen-bond donors (Lipinski definition) is 1. The molecule has 2 aliphatic rings. The van der Waals surface area contributed by atoms with E-state index in [-0.39, 0.29) is 29.8 Å². The molecule has 2 fully saturated rings. The van der Waals surface area contributed by atoms with Crippen molar-refractivity contribution in [3.63, 3.8) is 0 Å². The number of rotatable bonds is 5. The maximum atomic E-state index is 12.7. The second-order valence-electron chi connectivity index (χ2n) is 7.41. The van der Waals surface area contributed by atoms with Gasteiger partial charge in [0.1, 0.15) is 0 Å². The predicted octanol–water partition coefficient (Wildman–Crippen LogP) is 3.19. The molecule has 1 unspecified atom stereocenters. The Morgan fingerprint density at radius 2 is 1.63 bits per heavy atom. The Hall–Kier alpha value is -1.66. The van der Waals surface area contributed by atoms with Crippen molar-refractivity contribution in [2.24, 2.45) is 5.41 Å². The third-order valence-electron chi connectivity index (χ3n) is 6.00. The number of nitrogens with one attached hydrogen (secondary N) is 1. The van der Waals surface area contributed by atoms with Crippen LogP contribution in [-0.2, 0) is 4.79 Å². The van der Waals surface area contributed by atoms with Crippen molar-refractivity contribution in [2.45, 2.75) is 38.6 Å². The quantitative estimate of drug-likeness (QED) is 0.825. The highest BCUT2D eigenvalue weighted by molar-refractivity contribution is 5.85. The van der Waals surface area contributed by atoms with Crippen molar-refractivity contribution >= 4 is 18.3 Å². The normalized spacial score (nSPS) is 20.0. The fourth-order valence-corrected chi connectivity index (χ4v) is 4.28. The van der Waals surface area contributed by atoms with Crippen molar-refractivity contribution in [1.82, 2.24) is 10.2 Å². The third kappa shape index (κ3) is 4.27. The summed E-state index contributed by atoms with van der Waals surface area (Å²) in [5.74, 6) is 2.05. The lowest BCUT2D eigenvalue weighted by atomic mass is 9.72. The van der Waals surface area contributed by atoms with Crippen molar-refractivity contribution in [3.8, 4) is 17.2 Å². The zero-order valence-corrected chi connectivity index (χ0v) is 17.5. The van der Waals surface area contributed by atoms with E-state index in [0.717, 1.165) is 44.5 Å². The van der Waals surface area contributed by atoms with Crippen LogP contribution in [0.3, 0.4) is 0 Å². The molecular formula is C20H31ClN2O4. The van der Waals surface area contributed by atoms with Gasteiger partial charge >= 0.3 is 0 Å². The van der Waals surface area contributed by atoms with Crippen LogP contribution < -0.4 is 19.5 Å². The van der Waals surface area contributed by atoms with Crippen LogP contribution >= 0.6 is 12.4 Å². The fourth-order valence-electron chi connectivity index (χ4n) is 4.28. The zero-order valence-electron chi connectivity index (χ0n) is 16.7. The largest absolute Gasteiger partial charge is 0.493 e. The summed E-state index contributed by atoms with van der Waals surface area (Å²) >= 11 is 0. The van der Waals surface area contributed by atoms with E-state index in [0.29, 0.717) is 23.7 Å². The second-order valence-corrected chi connectivity index (χ2v) is 7.41. The topological polar surface area (TPSA) is 60.0 Å². The lowest BCUT2D eigenvalue weighted by molar-refractivity contribution is -0.141. The summed E-state index contributed by atoms with van der Waals surface area (Å²) in [5.41, 5.74) is 1.26. The second kappa shape index (κ2) is 9.02. The number of amides is 1. The molecule has 1 spiro atoms. The molecule has 27 heavy (non-hydrogen) atoms. The van der Waals surface area contributed by atoms with Crippen molar-refractivity contribution in [2.75, 3.05) is 41.0 Å². The predicted molar refractivity (Wildman–Crippen MR) is 107 cm³/mol. The summed E-state index contributed by atoms with van der Waals surface area (Å²) in [6.07, 6.45) is 3.91. The standard InChI is InChI=1S/C20H30N2O4.ClH/c1-14(15-11-16(24-2)19(26-4)17(12-15)25-3)22-13-20(6-5-18(22)23)7-9-21-10-8-20;/h11-12,14,21H,5-10,13H2,1-4H3;1H. The molecular weight excluding hydrogens is 368 g/mol. The van der Waals surface area contributed by atoms with Crippen LogP contribution in [0.4, 0.5) is 0 Å². The molecule has 7 heteroatoms. The van der Waals surface area contributed by atoms with E-state index in [1.54, 1.807) is 21.3 Å². The first-order valence-corrected chi connectivity index (χ1v) is 9.33. The van der Waals surface area contributed by atoms with Crippen LogP contribution in [-0.4, -0.2) is 51.8 Å². The van der Waals surface area contributed by atoms with Crippen LogP contribution in [0.1, 0.15) is 44.2 Å². The molecule has 0 bridgehead atoms. The Morgan fingerprint density at radius 3 is 2.15 bits per heavy atom. The first-order chi connectivity index (χ1) is 12.5. The highest BCUT2D eigenvalue weighted by Crippen LogP contribution is 2.44. The van der Waals surface area contributed by atoms with E-state index in [9.17, 15) is 4.79 Å². The Kier molecular flexibility index (Phi) is 7.23. The Balaban J connectivity index is 0.00000261. The number of carbonyl (C=O) groups is 1. The summed E-state index contributed by atoms with van der Waals surface area (Å²) in [4.78, 5) is 14.7. The van der Waals surface area contributed by atoms with Gasteiger partial charge in [-0.2, -0.15) is 0 Å². The van der Waals surface area contributed by atoms with Crippen LogP contribution in [0.5, 0.6) is 17.2 Å². The third-order valence-corrected chi connectivity index (χ3v) is 6.00. The van der Waals surface area contributed by atoms with Gasteiger partial charge in [-0.15, -0.1) is 12.4 Å². The molecule has 1 aromatic rings. The lowest BCUT2D eigenvalue weighted by Crippen LogP contribution is -2.51. The number of benzene rings is 1. The van der Waals surface area contributed by atoms with Crippen LogP contribution in [0.25, 0.3) is 0 Å². The molecule has 0 radical (unpaired) electrons. The monoisotopic (exact) mass is 398 g/mol. The molecule has 152 valence electrons. The van der Waals surface area contributed by atoms with E-state index in [1.165, 1.54) is 0 Å². The summed E-state index contributed by atoms with van der Waals surface area (Å²) in [7, 11) is 4.82. The highest BCUT2D eigenvalue weighted by Gasteiger charge is 2.41. The Morgan fingerprint density at radius 1 is 1.04 bits per heavy atom. The zero-order chi connectivity index (χ0) is 18.7. The Bertz CT molecular complexity index is 636. The van der Waals surface area contributed by atoms with E-state index >= 15 is 0 Å². The summed E-state index contributed by atoms with van der Waals surface area (Å²) < 4.78 is 16.4. The number of piperidine rings is 2. The fraction of sp³-hybridized carbons (Fsp3) is 0.650. The summed E-state index contributed by atoms with van der Waals surface area (Å²) in [6.45, 7) is 4.99. The van der Waals surface area contributed by atoms with Crippen molar-refractivity contribution in [1.29, 1.82) is 0 Å². The number of nitrogens with zero attached hydrogens (tertiary/aromatic N) is 1. The summed E-state index contributed by atoms with van der Waals surface area (Å²) in [6, 6.07) is 3.86. The van der Waals surface area contributed by atoms with Gasteiger partial charge < -0.3 is 24.4 Å². The number of methoxy groups -OCH3 is 3. The first kappa shape index (κ1) is 21.6. The number of carbonyl (C=O) groups excluding carboxylic acids is 1. The molecule has 1 atom stereocenters. The first-order valence-electron chi connectivity index (χ1n) is 9.33. The average molecular weight is 399 g/mol. The molecule has 6 nitrogen and oxygen atoms in total. The molecule has 0 aromatic heterocycles. The molecule has 2 saturated heterocycles. The van der Waals surface area contributed by atoms with Gasteiger partial charge in [0, 0.05) is 13.0 Å². The minimum absolute atomic E-state index is 0. The maximum Gasteiger partial charge on any atom is 0.223 e. The number of ether oxygens (including phenoxy) is 3. The van der Waals surface area contributed by atoms with E-state index in [4.69, 9.17) is 14.2 Å². The van der Waals surface area contributed by atoms with Gasteiger partial charge in [0.05, 0.1) is 27.4 Å². The minimum atomic E-state index is -0.0386. The van der Waals surface area contributed by atoms with Crippen LogP contribution in [0.2, 0.25) is 0 Å². The molecule has 2 aliphatic heterocycles. The van der Waals surface area contributed by atoms with Crippen molar-refractivity contribution in [3.05, 3.63) is 17.7 Å². The van der Waals surface area contributed by atoms with Crippen LogP contribution in [0.15, 0.2) is 12.1 Å². The molecule has 1 N–H and O–H groups in total. The van der Waals surface area contributed by atoms with Crippen molar-refractivity contribution < 1.29 is 19.0 Å².